The van der Waals surface area contributed by atoms with Crippen LogP contribution in [0.4, 0.5) is 0 Å². The first-order chi connectivity index (χ1) is 14.9. The summed E-state index contributed by atoms with van der Waals surface area (Å²) >= 11 is 0. The van der Waals surface area contributed by atoms with Gasteiger partial charge in [-0.05, 0) is 42.7 Å². The van der Waals surface area contributed by atoms with Gasteiger partial charge in [-0.15, -0.1) is 4.40 Å². The summed E-state index contributed by atoms with van der Waals surface area (Å²) in [5.41, 5.74) is 1.82. The summed E-state index contributed by atoms with van der Waals surface area (Å²) in [5, 5.41) is 0. The number of amidine groups is 1. The van der Waals surface area contributed by atoms with Crippen LogP contribution in [0, 0.1) is 5.92 Å². The maximum atomic E-state index is 12.5. The minimum absolute atomic E-state index is 0.124. The highest BCUT2D eigenvalue weighted by Gasteiger charge is 2.34. The van der Waals surface area contributed by atoms with E-state index in [-0.39, 0.29) is 23.4 Å². The number of sulfonamides is 1. The standard InChI is InChI=1S/C22H22N2O6S/c1-29-21(25)16-8-6-15(7-9-16)14-30-22(26)17-10-12-24(13-11-17)20-18-4-2-3-5-19(18)31(27,28)23-20/h2-9,17H,10-14H2,1H3. The van der Waals surface area contributed by atoms with Crippen molar-refractivity contribution in [3.05, 3.63) is 65.2 Å². The number of carbonyl (C=O) groups excluding carboxylic acids is 2. The number of fused-ring (bicyclic) bond motifs is 1. The van der Waals surface area contributed by atoms with E-state index in [1.165, 1.54) is 7.11 Å². The van der Waals surface area contributed by atoms with E-state index in [9.17, 15) is 18.0 Å². The van der Waals surface area contributed by atoms with E-state index in [0.29, 0.717) is 42.9 Å². The van der Waals surface area contributed by atoms with Crippen LogP contribution < -0.4 is 0 Å². The molecular formula is C22H22N2O6S. The molecule has 0 radical (unpaired) electrons. The Kier molecular flexibility index (Phi) is 5.77. The molecule has 0 saturated carbocycles. The first-order valence-electron chi connectivity index (χ1n) is 9.92. The number of rotatable bonds is 4. The summed E-state index contributed by atoms with van der Waals surface area (Å²) in [6.07, 6.45) is 1.11. The molecule has 31 heavy (non-hydrogen) atoms. The van der Waals surface area contributed by atoms with Gasteiger partial charge in [0.15, 0.2) is 5.84 Å². The Bertz CT molecular complexity index is 1130. The SMILES string of the molecule is COC(=O)c1ccc(COC(=O)C2CCN(C3=NS(=O)(=O)c4ccccc43)CC2)cc1. The van der Waals surface area contributed by atoms with Crippen LogP contribution in [0.15, 0.2) is 57.8 Å². The number of nitrogens with zero attached hydrogens (tertiary/aromatic N) is 2. The van der Waals surface area contributed by atoms with E-state index in [1.807, 2.05) is 4.90 Å². The minimum atomic E-state index is -3.66. The number of carbonyl (C=O) groups is 2. The van der Waals surface area contributed by atoms with Crippen molar-refractivity contribution in [1.29, 1.82) is 0 Å². The summed E-state index contributed by atoms with van der Waals surface area (Å²) in [7, 11) is -2.34. The first-order valence-corrected chi connectivity index (χ1v) is 11.4. The molecule has 0 atom stereocenters. The van der Waals surface area contributed by atoms with Gasteiger partial charge < -0.3 is 14.4 Å². The highest BCUT2D eigenvalue weighted by molar-refractivity contribution is 7.90. The predicted octanol–water partition coefficient (Wildman–Crippen LogP) is 2.38. The van der Waals surface area contributed by atoms with E-state index in [0.717, 1.165) is 5.56 Å². The van der Waals surface area contributed by atoms with E-state index in [4.69, 9.17) is 4.74 Å². The molecule has 0 N–H and O–H groups in total. The maximum Gasteiger partial charge on any atom is 0.337 e. The van der Waals surface area contributed by atoms with Crippen molar-refractivity contribution in [2.75, 3.05) is 20.2 Å². The summed E-state index contributed by atoms with van der Waals surface area (Å²) in [6.45, 7) is 1.17. The van der Waals surface area contributed by atoms with E-state index in [1.54, 1.807) is 48.5 Å². The molecule has 0 bridgehead atoms. The van der Waals surface area contributed by atoms with Crippen molar-refractivity contribution in [3.8, 4) is 0 Å². The molecule has 2 aliphatic heterocycles. The molecule has 1 saturated heterocycles. The van der Waals surface area contributed by atoms with Crippen LogP contribution in [-0.2, 0) is 30.9 Å². The Labute approximate surface area is 180 Å². The second-order valence-electron chi connectivity index (χ2n) is 7.44. The van der Waals surface area contributed by atoms with Crippen LogP contribution in [0.2, 0.25) is 0 Å². The second kappa shape index (κ2) is 8.50. The van der Waals surface area contributed by atoms with Crippen LogP contribution in [-0.4, -0.2) is 51.3 Å². The lowest BCUT2D eigenvalue weighted by Crippen LogP contribution is -2.40. The molecule has 2 aliphatic rings. The molecule has 4 rings (SSSR count). The molecule has 162 valence electrons. The normalized spacial score (nSPS) is 17.6. The van der Waals surface area contributed by atoms with E-state index in [2.05, 4.69) is 9.13 Å². The Balaban J connectivity index is 1.32. The lowest BCUT2D eigenvalue weighted by molar-refractivity contribution is -0.151. The van der Waals surface area contributed by atoms with Gasteiger partial charge in [0, 0.05) is 18.7 Å². The van der Waals surface area contributed by atoms with Gasteiger partial charge in [-0.3, -0.25) is 4.79 Å². The van der Waals surface area contributed by atoms with Crippen LogP contribution in [0.5, 0.6) is 0 Å². The fourth-order valence-electron chi connectivity index (χ4n) is 3.77. The highest BCUT2D eigenvalue weighted by atomic mass is 32.2. The van der Waals surface area contributed by atoms with Crippen LogP contribution in [0.25, 0.3) is 0 Å². The third-order valence-electron chi connectivity index (χ3n) is 5.50. The number of esters is 2. The number of hydrogen-bond donors (Lipinski definition) is 0. The zero-order valence-electron chi connectivity index (χ0n) is 17.0. The van der Waals surface area contributed by atoms with Crippen molar-refractivity contribution >= 4 is 27.8 Å². The van der Waals surface area contributed by atoms with Gasteiger partial charge in [-0.1, -0.05) is 24.3 Å². The van der Waals surface area contributed by atoms with E-state index < -0.39 is 16.0 Å². The number of methoxy groups -OCH3 is 1. The number of likely N-dealkylation sites (tertiary alicyclic amines) is 1. The Morgan fingerprint density at radius 1 is 1.06 bits per heavy atom. The Morgan fingerprint density at radius 2 is 1.74 bits per heavy atom. The lowest BCUT2D eigenvalue weighted by Gasteiger charge is -2.32. The van der Waals surface area contributed by atoms with Crippen molar-refractivity contribution in [1.82, 2.24) is 4.90 Å². The third-order valence-corrected chi connectivity index (χ3v) is 6.82. The molecule has 0 amide bonds. The highest BCUT2D eigenvalue weighted by Crippen LogP contribution is 2.30. The fraction of sp³-hybridized carbons (Fsp3) is 0.318. The van der Waals surface area contributed by atoms with Crippen LogP contribution in [0.1, 0.15) is 34.3 Å². The van der Waals surface area contributed by atoms with Crippen LogP contribution in [0.3, 0.4) is 0 Å². The molecule has 8 nitrogen and oxygen atoms in total. The topological polar surface area (TPSA) is 102 Å². The maximum absolute atomic E-state index is 12.5. The van der Waals surface area contributed by atoms with Crippen molar-refractivity contribution in [3.63, 3.8) is 0 Å². The quantitative estimate of drug-likeness (QED) is 0.670. The van der Waals surface area contributed by atoms with Gasteiger partial charge in [0.05, 0.1) is 18.6 Å². The van der Waals surface area contributed by atoms with Crippen LogP contribution >= 0.6 is 0 Å². The smallest absolute Gasteiger partial charge is 0.337 e. The average molecular weight is 442 g/mol. The predicted molar refractivity (Wildman–Crippen MR) is 112 cm³/mol. The number of ether oxygens (including phenoxy) is 2. The van der Waals surface area contributed by atoms with Gasteiger partial charge in [0.1, 0.15) is 11.5 Å². The molecule has 0 spiro atoms. The van der Waals surface area contributed by atoms with Crippen molar-refractivity contribution in [2.45, 2.75) is 24.3 Å². The van der Waals surface area contributed by atoms with Gasteiger partial charge in [0.2, 0.25) is 0 Å². The minimum Gasteiger partial charge on any atom is -0.465 e. The second-order valence-corrected chi connectivity index (χ2v) is 9.02. The molecular weight excluding hydrogens is 420 g/mol. The fourth-order valence-corrected chi connectivity index (χ4v) is 5.00. The molecule has 2 heterocycles. The van der Waals surface area contributed by atoms with Crippen molar-refractivity contribution < 1.29 is 27.5 Å². The summed E-state index contributed by atoms with van der Waals surface area (Å²) < 4.78 is 38.6. The summed E-state index contributed by atoms with van der Waals surface area (Å²) in [6, 6.07) is 13.5. The molecule has 0 aliphatic carbocycles. The molecule has 1 fully saturated rings. The zero-order valence-corrected chi connectivity index (χ0v) is 17.8. The largest absolute Gasteiger partial charge is 0.465 e. The average Bonchev–Trinajstić information content (AvgIpc) is 3.08. The summed E-state index contributed by atoms with van der Waals surface area (Å²) in [4.78, 5) is 26.1. The van der Waals surface area contributed by atoms with Gasteiger partial charge in [-0.25, -0.2) is 4.79 Å². The first kappa shape index (κ1) is 21.0. The monoisotopic (exact) mass is 442 g/mol. The molecule has 2 aromatic rings. The zero-order chi connectivity index (χ0) is 22.0. The van der Waals surface area contributed by atoms with Gasteiger partial charge in [0.25, 0.3) is 10.0 Å². The molecule has 9 heteroatoms. The molecule has 0 aromatic heterocycles. The number of hydrogen-bond acceptors (Lipinski definition) is 7. The van der Waals surface area contributed by atoms with Gasteiger partial charge in [-0.2, -0.15) is 8.42 Å². The van der Waals surface area contributed by atoms with Gasteiger partial charge >= 0.3 is 11.9 Å². The Hall–Kier alpha value is -3.20. The number of piperidine rings is 1. The van der Waals surface area contributed by atoms with E-state index >= 15 is 0 Å². The summed E-state index contributed by atoms with van der Waals surface area (Å²) in [5.74, 6) is -0.497. The number of benzene rings is 2. The molecule has 0 unspecified atom stereocenters. The Morgan fingerprint density at radius 3 is 2.42 bits per heavy atom. The van der Waals surface area contributed by atoms with Crippen molar-refractivity contribution in [2.24, 2.45) is 10.3 Å². The molecule has 2 aromatic carbocycles. The third kappa shape index (κ3) is 4.32. The lowest BCUT2D eigenvalue weighted by atomic mass is 9.96.